The van der Waals surface area contributed by atoms with Gasteiger partial charge in [-0.3, -0.25) is 9.59 Å². The summed E-state index contributed by atoms with van der Waals surface area (Å²) in [6.45, 7) is 5.38. The van der Waals surface area contributed by atoms with Crippen LogP contribution in [0.15, 0.2) is 57.1 Å². The van der Waals surface area contributed by atoms with Gasteiger partial charge in [-0.25, -0.2) is 0 Å². The van der Waals surface area contributed by atoms with Crippen LogP contribution in [-0.2, 0) is 9.53 Å². The summed E-state index contributed by atoms with van der Waals surface area (Å²) in [6.07, 6.45) is 6.80. The Kier molecular flexibility index (Phi) is 4.14. The molecule has 1 aliphatic carbocycles. The van der Waals surface area contributed by atoms with Crippen molar-refractivity contribution in [2.45, 2.75) is 13.3 Å². The normalized spacial score (nSPS) is 16.1. The number of aromatic nitrogens is 2. The zero-order valence-electron chi connectivity index (χ0n) is 13.9. The van der Waals surface area contributed by atoms with Crippen molar-refractivity contribution in [3.05, 3.63) is 69.5 Å². The van der Waals surface area contributed by atoms with Crippen LogP contribution in [0.1, 0.15) is 17.7 Å². The van der Waals surface area contributed by atoms with Crippen LogP contribution in [0.5, 0.6) is 0 Å². The number of nitrogens with two attached hydrogens (primary N) is 1. The van der Waals surface area contributed by atoms with Crippen molar-refractivity contribution < 1.29 is 14.1 Å². The number of ether oxygens (including phenoxy) is 1. The van der Waals surface area contributed by atoms with Crippen LogP contribution in [0.2, 0.25) is 0 Å². The molecule has 2 heterocycles. The zero-order valence-corrected chi connectivity index (χ0v) is 13.9. The Bertz CT molecular complexity index is 1030. The molecular formula is C18H17N3O4. The van der Waals surface area contributed by atoms with Gasteiger partial charge in [0.15, 0.2) is 17.2 Å². The second-order valence-corrected chi connectivity index (χ2v) is 5.56. The molecule has 0 spiro atoms. The van der Waals surface area contributed by atoms with E-state index in [9.17, 15) is 9.59 Å². The first-order valence-corrected chi connectivity index (χ1v) is 7.57. The number of hydrogen-bond donors (Lipinski definition) is 1. The van der Waals surface area contributed by atoms with Crippen molar-refractivity contribution in [2.75, 3.05) is 12.8 Å². The van der Waals surface area contributed by atoms with Gasteiger partial charge >= 0.3 is 0 Å². The Morgan fingerprint density at radius 2 is 2.16 bits per heavy atom. The number of ketones is 1. The van der Waals surface area contributed by atoms with Gasteiger partial charge in [-0.15, -0.1) is 11.2 Å². The van der Waals surface area contributed by atoms with E-state index in [2.05, 4.69) is 11.6 Å². The smallest absolute Gasteiger partial charge is 0.282 e. The third kappa shape index (κ3) is 2.91. The number of hydrogen-bond acceptors (Lipinski definition) is 6. The van der Waals surface area contributed by atoms with Crippen molar-refractivity contribution >= 4 is 23.3 Å². The fourth-order valence-electron chi connectivity index (χ4n) is 2.62. The van der Waals surface area contributed by atoms with Gasteiger partial charge in [0.2, 0.25) is 5.78 Å². The average molecular weight is 339 g/mol. The van der Waals surface area contributed by atoms with E-state index < -0.39 is 5.56 Å². The molecule has 25 heavy (non-hydrogen) atoms. The molecule has 0 bridgehead atoms. The number of aryl methyl sites for hydroxylation is 1. The maximum atomic E-state index is 12.3. The Morgan fingerprint density at radius 3 is 2.84 bits per heavy atom. The number of carbonyl (C=O) groups is 1. The second-order valence-electron chi connectivity index (χ2n) is 5.56. The lowest BCUT2D eigenvalue weighted by Gasteiger charge is -2.14. The van der Waals surface area contributed by atoms with Crippen molar-refractivity contribution in [1.82, 2.24) is 9.56 Å². The van der Waals surface area contributed by atoms with Gasteiger partial charge in [0.25, 0.3) is 5.56 Å². The molecule has 2 N–H and O–H groups in total. The molecule has 0 aromatic carbocycles. The molecule has 0 radical (unpaired) electrons. The highest BCUT2D eigenvalue weighted by molar-refractivity contribution is 6.09. The molecule has 7 nitrogen and oxygen atoms in total. The minimum Gasteiger partial charge on any atom is -0.493 e. The molecule has 0 aliphatic heterocycles. The van der Waals surface area contributed by atoms with E-state index in [-0.39, 0.29) is 22.9 Å². The van der Waals surface area contributed by atoms with Gasteiger partial charge in [-0.05, 0) is 37.1 Å². The highest BCUT2D eigenvalue weighted by Gasteiger charge is 2.21. The summed E-state index contributed by atoms with van der Waals surface area (Å²) < 4.78 is 11.9. The summed E-state index contributed by atoms with van der Waals surface area (Å²) in [4.78, 5) is 28.5. The fourth-order valence-corrected chi connectivity index (χ4v) is 2.62. The van der Waals surface area contributed by atoms with Crippen molar-refractivity contribution in [3.8, 4) is 0 Å². The first kappa shape index (κ1) is 16.5. The standard InChI is InChI=1S/C18H17N3O4/c1-4-5-12-7-11(9-14(24-3)16(12)22)8-13-17(19)21-15(20-18(13)23)6-10(2)25-21/h4,6-9H,1,5,19H2,2-3H3/b11-8-. The summed E-state index contributed by atoms with van der Waals surface area (Å²) in [7, 11) is 1.42. The molecule has 1 aliphatic rings. The van der Waals surface area contributed by atoms with Crippen molar-refractivity contribution in [1.29, 1.82) is 0 Å². The molecule has 0 saturated heterocycles. The number of carbonyl (C=O) groups excluding carboxylic acids is 1. The fraction of sp³-hybridized carbons (Fsp3) is 0.167. The summed E-state index contributed by atoms with van der Waals surface area (Å²) in [6, 6.07) is 1.62. The Labute approximate surface area is 143 Å². The lowest BCUT2D eigenvalue weighted by molar-refractivity contribution is -0.115. The van der Waals surface area contributed by atoms with Crippen LogP contribution in [-0.4, -0.2) is 22.5 Å². The van der Waals surface area contributed by atoms with Crippen molar-refractivity contribution in [2.24, 2.45) is 0 Å². The minimum atomic E-state index is -0.478. The van der Waals surface area contributed by atoms with Crippen LogP contribution in [0.4, 0.5) is 5.82 Å². The van der Waals surface area contributed by atoms with Gasteiger partial charge in [0.1, 0.15) is 5.76 Å². The molecule has 0 amide bonds. The van der Waals surface area contributed by atoms with Crippen LogP contribution >= 0.6 is 0 Å². The van der Waals surface area contributed by atoms with E-state index in [1.165, 1.54) is 11.7 Å². The monoisotopic (exact) mass is 339 g/mol. The quantitative estimate of drug-likeness (QED) is 0.857. The van der Waals surface area contributed by atoms with Gasteiger partial charge in [0.05, 0.1) is 12.7 Å². The largest absolute Gasteiger partial charge is 0.493 e. The highest BCUT2D eigenvalue weighted by atomic mass is 16.5. The van der Waals surface area contributed by atoms with Crippen LogP contribution in [0, 0.1) is 6.92 Å². The second kappa shape index (κ2) is 6.27. The lowest BCUT2D eigenvalue weighted by atomic mass is 9.95. The molecule has 0 fully saturated rings. The molecule has 2 aromatic rings. The number of rotatable bonds is 4. The van der Waals surface area contributed by atoms with Crippen molar-refractivity contribution in [3.63, 3.8) is 0 Å². The number of fused-ring (bicyclic) bond motifs is 1. The number of nitrogens with zero attached hydrogens (tertiary/aromatic N) is 2. The minimum absolute atomic E-state index is 0.138. The summed E-state index contributed by atoms with van der Waals surface area (Å²) in [5, 5.41) is 0. The molecule has 0 saturated carbocycles. The summed E-state index contributed by atoms with van der Waals surface area (Å²) in [5.41, 5.74) is 7.23. The van der Waals surface area contributed by atoms with Gasteiger partial charge in [-0.2, -0.15) is 4.98 Å². The molecule has 7 heteroatoms. The van der Waals surface area contributed by atoms with Gasteiger partial charge < -0.3 is 15.0 Å². The molecular weight excluding hydrogens is 322 g/mol. The maximum absolute atomic E-state index is 12.3. The Hall–Kier alpha value is -3.35. The van der Waals surface area contributed by atoms with E-state index >= 15 is 0 Å². The Balaban J connectivity index is 2.18. The zero-order chi connectivity index (χ0) is 18.1. The first-order chi connectivity index (χ1) is 11.9. The van der Waals surface area contributed by atoms with E-state index in [4.69, 9.17) is 15.0 Å². The third-order valence-corrected chi connectivity index (χ3v) is 3.77. The number of allylic oxidation sites excluding steroid dienone is 5. The number of nitrogen functional groups attached to an aromatic ring is 1. The van der Waals surface area contributed by atoms with Crippen LogP contribution in [0.25, 0.3) is 11.7 Å². The van der Waals surface area contributed by atoms with E-state index in [0.29, 0.717) is 29.0 Å². The summed E-state index contributed by atoms with van der Waals surface area (Å²) in [5.74, 6) is 0.701. The highest BCUT2D eigenvalue weighted by Crippen LogP contribution is 2.24. The third-order valence-electron chi connectivity index (χ3n) is 3.77. The molecule has 2 aromatic heterocycles. The van der Waals surface area contributed by atoms with Gasteiger partial charge in [-0.1, -0.05) is 6.08 Å². The molecule has 128 valence electrons. The molecule has 0 unspecified atom stereocenters. The predicted molar refractivity (Wildman–Crippen MR) is 93.9 cm³/mol. The van der Waals surface area contributed by atoms with Gasteiger partial charge in [0, 0.05) is 11.6 Å². The number of Topliss-reactive ketones (excluding diaryl/α,β-unsaturated/α-hetero) is 1. The number of anilines is 1. The predicted octanol–water partition coefficient (Wildman–Crippen LogP) is 2.18. The van der Waals surface area contributed by atoms with Crippen LogP contribution < -0.4 is 11.3 Å². The molecule has 3 rings (SSSR count). The summed E-state index contributed by atoms with van der Waals surface area (Å²) >= 11 is 0. The van der Waals surface area contributed by atoms with E-state index in [1.807, 2.05) is 0 Å². The van der Waals surface area contributed by atoms with Crippen LogP contribution in [0.3, 0.4) is 0 Å². The first-order valence-electron chi connectivity index (χ1n) is 7.57. The lowest BCUT2D eigenvalue weighted by Crippen LogP contribution is -2.17. The average Bonchev–Trinajstić information content (AvgIpc) is 2.94. The molecule has 0 atom stereocenters. The van der Waals surface area contributed by atoms with E-state index in [0.717, 1.165) is 0 Å². The topological polar surface area (TPSA) is 99.8 Å². The SMILES string of the molecule is C=CCC1=C/C(=C/c2c(N)n3oc(C)cc3nc2=O)C=C(OC)C1=O. The maximum Gasteiger partial charge on any atom is 0.282 e. The van der Waals surface area contributed by atoms with E-state index in [1.54, 1.807) is 37.3 Å². The Morgan fingerprint density at radius 1 is 1.40 bits per heavy atom. The number of methoxy groups -OCH3 is 1.